The predicted octanol–water partition coefficient (Wildman–Crippen LogP) is 2.14. The van der Waals surface area contributed by atoms with Gasteiger partial charge in [-0.05, 0) is 44.9 Å². The Morgan fingerprint density at radius 3 is 2.58 bits per heavy atom. The van der Waals surface area contributed by atoms with Crippen LogP contribution in [0.3, 0.4) is 0 Å². The average molecular weight is 430 g/mol. The summed E-state index contributed by atoms with van der Waals surface area (Å²) in [5, 5.41) is 8.65. The number of likely N-dealkylation sites (tertiary alicyclic amines) is 1. The third kappa shape index (κ3) is 4.29. The summed E-state index contributed by atoms with van der Waals surface area (Å²) in [6.45, 7) is 6.68. The summed E-state index contributed by atoms with van der Waals surface area (Å²) in [6.07, 6.45) is 11.9. The van der Waals surface area contributed by atoms with E-state index in [4.69, 9.17) is 4.74 Å². The summed E-state index contributed by atoms with van der Waals surface area (Å²) >= 11 is 0. The van der Waals surface area contributed by atoms with Gasteiger partial charge < -0.3 is 15.0 Å². The minimum absolute atomic E-state index is 0.145. The second-order valence-corrected chi connectivity index (χ2v) is 10.1. The van der Waals surface area contributed by atoms with E-state index in [1.54, 1.807) is 0 Å². The Morgan fingerprint density at radius 2 is 1.84 bits per heavy atom. The molecule has 7 heteroatoms. The fraction of sp³-hybridized carbons (Fsp3) is 0.833. The molecule has 0 spiro atoms. The molecule has 1 N–H and O–H groups in total. The number of nitrogens with one attached hydrogen (secondary N) is 1. The Hall–Kier alpha value is -1.44. The molecule has 1 unspecified atom stereocenters. The molecule has 0 aromatic carbocycles. The van der Waals surface area contributed by atoms with Gasteiger partial charge in [0.15, 0.2) is 5.69 Å². The highest BCUT2D eigenvalue weighted by atomic mass is 16.5. The molecule has 3 heterocycles. The van der Waals surface area contributed by atoms with E-state index in [-0.39, 0.29) is 11.4 Å². The molecule has 1 aromatic rings. The van der Waals surface area contributed by atoms with E-state index in [1.807, 2.05) is 16.6 Å². The molecule has 31 heavy (non-hydrogen) atoms. The summed E-state index contributed by atoms with van der Waals surface area (Å²) in [7, 11) is 2.00. The maximum Gasteiger partial charge on any atom is 0.274 e. The molecular formula is C24H39N5O2. The Bertz CT molecular complexity index is 773. The van der Waals surface area contributed by atoms with Crippen LogP contribution in [0.2, 0.25) is 0 Å². The standard InChI is InChI=1S/C24H39N5O2/c1-27-21-8-7-19(17-20(21)22(26-27)23(30)28-11-5-6-12-28)25-18-24(9-3-2-4-10-24)29-13-15-31-16-14-29/h19,25H,2-18H2,1H3. The van der Waals surface area contributed by atoms with Crippen LogP contribution in [-0.2, 0) is 24.6 Å². The zero-order valence-corrected chi connectivity index (χ0v) is 19.2. The topological polar surface area (TPSA) is 62.6 Å². The Balaban J connectivity index is 1.28. The zero-order chi connectivity index (χ0) is 21.3. The highest BCUT2D eigenvalue weighted by Crippen LogP contribution is 2.34. The Labute approximate surface area is 186 Å². The van der Waals surface area contributed by atoms with Crippen molar-refractivity contribution in [1.29, 1.82) is 0 Å². The molecule has 5 rings (SSSR count). The van der Waals surface area contributed by atoms with Crippen LogP contribution in [0.1, 0.15) is 73.1 Å². The molecule has 2 aliphatic carbocycles. The number of carbonyl (C=O) groups excluding carboxylic acids is 1. The van der Waals surface area contributed by atoms with Crippen molar-refractivity contribution < 1.29 is 9.53 Å². The first kappa shape index (κ1) is 21.4. The minimum Gasteiger partial charge on any atom is -0.379 e. The number of hydrogen-bond donors (Lipinski definition) is 1. The van der Waals surface area contributed by atoms with Crippen LogP contribution in [0.4, 0.5) is 0 Å². The van der Waals surface area contributed by atoms with Crippen LogP contribution in [0.15, 0.2) is 0 Å². The molecule has 7 nitrogen and oxygen atoms in total. The van der Waals surface area contributed by atoms with Gasteiger partial charge in [-0.3, -0.25) is 14.4 Å². The van der Waals surface area contributed by atoms with Crippen molar-refractivity contribution in [3.05, 3.63) is 17.0 Å². The minimum atomic E-state index is 0.145. The lowest BCUT2D eigenvalue weighted by Crippen LogP contribution is -2.60. The van der Waals surface area contributed by atoms with E-state index in [2.05, 4.69) is 15.3 Å². The predicted molar refractivity (Wildman–Crippen MR) is 120 cm³/mol. The van der Waals surface area contributed by atoms with Gasteiger partial charge in [-0.25, -0.2) is 0 Å². The van der Waals surface area contributed by atoms with Gasteiger partial charge in [0.05, 0.1) is 13.2 Å². The number of rotatable bonds is 5. The monoisotopic (exact) mass is 429 g/mol. The summed E-state index contributed by atoms with van der Waals surface area (Å²) in [4.78, 5) is 17.8. The number of nitrogens with zero attached hydrogens (tertiary/aromatic N) is 4. The second kappa shape index (κ2) is 9.20. The van der Waals surface area contributed by atoms with Crippen LogP contribution in [0, 0.1) is 0 Å². The van der Waals surface area contributed by atoms with E-state index in [9.17, 15) is 4.79 Å². The quantitative estimate of drug-likeness (QED) is 0.777. The number of ether oxygens (including phenoxy) is 1. The zero-order valence-electron chi connectivity index (χ0n) is 19.2. The number of morpholine rings is 1. The maximum absolute atomic E-state index is 13.1. The number of hydrogen-bond acceptors (Lipinski definition) is 5. The smallest absolute Gasteiger partial charge is 0.274 e. The van der Waals surface area contributed by atoms with E-state index in [0.717, 1.165) is 78.0 Å². The molecule has 2 aliphatic heterocycles. The van der Waals surface area contributed by atoms with E-state index in [1.165, 1.54) is 43.4 Å². The van der Waals surface area contributed by atoms with Gasteiger partial charge in [0.2, 0.25) is 0 Å². The van der Waals surface area contributed by atoms with Crippen molar-refractivity contribution in [2.75, 3.05) is 45.9 Å². The molecule has 1 aromatic heterocycles. The fourth-order valence-corrected chi connectivity index (χ4v) is 6.39. The molecule has 1 atom stereocenters. The third-order valence-electron chi connectivity index (χ3n) is 8.24. The van der Waals surface area contributed by atoms with Crippen LogP contribution < -0.4 is 5.32 Å². The van der Waals surface area contributed by atoms with Crippen LogP contribution in [0.25, 0.3) is 0 Å². The molecule has 1 amide bonds. The van der Waals surface area contributed by atoms with Crippen molar-refractivity contribution in [2.24, 2.45) is 7.05 Å². The second-order valence-electron chi connectivity index (χ2n) is 10.1. The van der Waals surface area contributed by atoms with E-state index in [0.29, 0.717) is 11.7 Å². The normalized spacial score (nSPS) is 26.7. The van der Waals surface area contributed by atoms with Crippen molar-refractivity contribution in [2.45, 2.75) is 75.8 Å². The van der Waals surface area contributed by atoms with Gasteiger partial charge in [0.25, 0.3) is 5.91 Å². The first-order valence-electron chi connectivity index (χ1n) is 12.6. The van der Waals surface area contributed by atoms with Crippen LogP contribution in [-0.4, -0.2) is 83.0 Å². The van der Waals surface area contributed by atoms with Crippen molar-refractivity contribution >= 4 is 5.91 Å². The summed E-state index contributed by atoms with van der Waals surface area (Å²) < 4.78 is 7.61. The number of fused-ring (bicyclic) bond motifs is 1. The lowest BCUT2D eigenvalue weighted by atomic mass is 9.79. The number of carbonyl (C=O) groups is 1. The van der Waals surface area contributed by atoms with Gasteiger partial charge in [-0.1, -0.05) is 19.3 Å². The van der Waals surface area contributed by atoms with Crippen molar-refractivity contribution in [3.8, 4) is 0 Å². The molecule has 172 valence electrons. The first-order chi connectivity index (χ1) is 15.2. The summed E-state index contributed by atoms with van der Waals surface area (Å²) in [5.41, 5.74) is 3.46. The fourth-order valence-electron chi connectivity index (χ4n) is 6.39. The molecule has 2 saturated heterocycles. The molecular weight excluding hydrogens is 390 g/mol. The lowest BCUT2D eigenvalue weighted by Gasteiger charge is -2.49. The highest BCUT2D eigenvalue weighted by molar-refractivity contribution is 5.94. The average Bonchev–Trinajstić information content (AvgIpc) is 3.47. The van der Waals surface area contributed by atoms with Crippen LogP contribution >= 0.6 is 0 Å². The molecule has 0 bridgehead atoms. The molecule has 3 fully saturated rings. The van der Waals surface area contributed by atoms with E-state index < -0.39 is 0 Å². The van der Waals surface area contributed by atoms with Gasteiger partial charge in [-0.2, -0.15) is 5.10 Å². The van der Waals surface area contributed by atoms with Crippen molar-refractivity contribution in [3.63, 3.8) is 0 Å². The maximum atomic E-state index is 13.1. The third-order valence-corrected chi connectivity index (χ3v) is 8.24. The number of aryl methyl sites for hydroxylation is 1. The van der Waals surface area contributed by atoms with Gasteiger partial charge in [0.1, 0.15) is 0 Å². The number of amides is 1. The highest BCUT2D eigenvalue weighted by Gasteiger charge is 2.39. The summed E-state index contributed by atoms with van der Waals surface area (Å²) in [5.74, 6) is 0.145. The molecule has 4 aliphatic rings. The summed E-state index contributed by atoms with van der Waals surface area (Å²) in [6, 6.07) is 0.432. The Kier molecular flexibility index (Phi) is 6.35. The number of aromatic nitrogens is 2. The SMILES string of the molecule is Cn1nc(C(=O)N2CCCC2)c2c1CCC(NCC1(N3CCOCC3)CCCCC1)C2. The molecule has 1 saturated carbocycles. The molecule has 0 radical (unpaired) electrons. The lowest BCUT2D eigenvalue weighted by molar-refractivity contribution is -0.0378. The van der Waals surface area contributed by atoms with Crippen LogP contribution in [0.5, 0.6) is 0 Å². The van der Waals surface area contributed by atoms with Gasteiger partial charge in [0, 0.05) is 62.6 Å². The van der Waals surface area contributed by atoms with Gasteiger partial charge >= 0.3 is 0 Å². The van der Waals surface area contributed by atoms with Crippen molar-refractivity contribution in [1.82, 2.24) is 24.9 Å². The first-order valence-corrected chi connectivity index (χ1v) is 12.6. The van der Waals surface area contributed by atoms with Gasteiger partial charge in [-0.15, -0.1) is 0 Å². The Morgan fingerprint density at radius 1 is 1.10 bits per heavy atom. The largest absolute Gasteiger partial charge is 0.379 e. The van der Waals surface area contributed by atoms with E-state index >= 15 is 0 Å².